The van der Waals surface area contributed by atoms with Crippen molar-refractivity contribution < 1.29 is 9.32 Å². The van der Waals surface area contributed by atoms with Crippen molar-refractivity contribution in [2.45, 2.75) is 26.2 Å². The molecule has 1 N–H and O–H groups in total. The second-order valence-electron chi connectivity index (χ2n) is 7.62. The Labute approximate surface area is 173 Å². The van der Waals surface area contributed by atoms with E-state index in [1.807, 2.05) is 60.4 Å². The van der Waals surface area contributed by atoms with Crippen LogP contribution < -0.4 is 4.90 Å². The number of amides is 1. The van der Waals surface area contributed by atoms with Gasteiger partial charge in [0.25, 0.3) is 5.89 Å². The minimum atomic E-state index is -0.105. The number of nitrogens with one attached hydrogen (secondary N) is 1. The summed E-state index contributed by atoms with van der Waals surface area (Å²) in [5.41, 5.74) is 5.70. The number of aromatic amines is 1. The summed E-state index contributed by atoms with van der Waals surface area (Å²) in [4.78, 5) is 19.1. The number of H-pyrrole nitrogens is 1. The first-order valence-corrected chi connectivity index (χ1v) is 9.91. The molecule has 0 saturated carbocycles. The first kappa shape index (κ1) is 18.3. The van der Waals surface area contributed by atoms with Crippen LogP contribution in [0.3, 0.4) is 0 Å². The lowest BCUT2D eigenvalue weighted by Gasteiger charge is -2.19. The molecule has 1 atom stereocenters. The molecule has 0 bridgehead atoms. The number of rotatable bonds is 4. The van der Waals surface area contributed by atoms with Gasteiger partial charge in [0, 0.05) is 30.1 Å². The molecule has 1 aliphatic heterocycles. The number of anilines is 1. The van der Waals surface area contributed by atoms with Gasteiger partial charge >= 0.3 is 0 Å². The first-order valence-electron chi connectivity index (χ1n) is 9.91. The summed E-state index contributed by atoms with van der Waals surface area (Å²) < 4.78 is 5.47. The van der Waals surface area contributed by atoms with Crippen molar-refractivity contribution in [3.8, 4) is 22.8 Å². The van der Waals surface area contributed by atoms with E-state index in [1.54, 1.807) is 0 Å². The van der Waals surface area contributed by atoms with Gasteiger partial charge in [0.05, 0.1) is 5.69 Å². The molecule has 1 saturated heterocycles. The number of aromatic nitrogens is 4. The van der Waals surface area contributed by atoms with Crippen LogP contribution in [0, 0.1) is 13.8 Å². The Morgan fingerprint density at radius 3 is 2.77 bits per heavy atom. The van der Waals surface area contributed by atoms with Gasteiger partial charge in [-0.05, 0) is 37.1 Å². The number of carbonyl (C=O) groups excluding carboxylic acids is 1. The minimum Gasteiger partial charge on any atom is -0.332 e. The van der Waals surface area contributed by atoms with Crippen LogP contribution in [-0.2, 0) is 4.79 Å². The van der Waals surface area contributed by atoms with E-state index in [1.165, 1.54) is 5.56 Å². The quantitative estimate of drug-likeness (QED) is 0.554. The predicted molar refractivity (Wildman–Crippen MR) is 113 cm³/mol. The van der Waals surface area contributed by atoms with E-state index in [-0.39, 0.29) is 11.8 Å². The molecule has 3 heterocycles. The van der Waals surface area contributed by atoms with Crippen LogP contribution >= 0.6 is 0 Å². The van der Waals surface area contributed by atoms with Crippen molar-refractivity contribution in [1.82, 2.24) is 20.3 Å². The molecule has 7 heteroatoms. The average molecular weight is 399 g/mol. The van der Waals surface area contributed by atoms with E-state index in [2.05, 4.69) is 33.3 Å². The standard InChI is InChI=1S/C23H21N5O2/c1-14-7-6-10-20(15(14)2)28-13-17(11-21(28)29)22-24-23(30-27-22)19-12-18(25-26-19)16-8-4-3-5-9-16/h3-10,12,17H,11,13H2,1-2H3,(H,25,26). The van der Waals surface area contributed by atoms with Gasteiger partial charge in [-0.1, -0.05) is 47.6 Å². The van der Waals surface area contributed by atoms with Gasteiger partial charge < -0.3 is 9.42 Å². The highest BCUT2D eigenvalue weighted by Crippen LogP contribution is 2.34. The summed E-state index contributed by atoms with van der Waals surface area (Å²) in [6.07, 6.45) is 0.366. The number of benzene rings is 2. The zero-order valence-corrected chi connectivity index (χ0v) is 16.8. The summed E-state index contributed by atoms with van der Waals surface area (Å²) in [6, 6.07) is 17.8. The number of aryl methyl sites for hydroxylation is 1. The topological polar surface area (TPSA) is 87.9 Å². The molecule has 2 aromatic carbocycles. The Morgan fingerprint density at radius 1 is 1.10 bits per heavy atom. The molecule has 1 unspecified atom stereocenters. The lowest BCUT2D eigenvalue weighted by Crippen LogP contribution is -2.25. The molecule has 1 amide bonds. The molecule has 0 spiro atoms. The molecular formula is C23H21N5O2. The smallest absolute Gasteiger partial charge is 0.275 e. The molecular weight excluding hydrogens is 378 g/mol. The average Bonchev–Trinajstić information content (AvgIpc) is 3.50. The summed E-state index contributed by atoms with van der Waals surface area (Å²) in [5, 5.41) is 11.4. The Morgan fingerprint density at radius 2 is 1.93 bits per heavy atom. The van der Waals surface area contributed by atoms with Crippen molar-refractivity contribution in [2.75, 3.05) is 11.4 Å². The van der Waals surface area contributed by atoms with Crippen molar-refractivity contribution in [1.29, 1.82) is 0 Å². The van der Waals surface area contributed by atoms with E-state index >= 15 is 0 Å². The van der Waals surface area contributed by atoms with Crippen LogP contribution in [0.5, 0.6) is 0 Å². The maximum absolute atomic E-state index is 12.7. The summed E-state index contributed by atoms with van der Waals surface area (Å²) >= 11 is 0. The van der Waals surface area contributed by atoms with E-state index in [9.17, 15) is 4.79 Å². The zero-order valence-electron chi connectivity index (χ0n) is 16.8. The van der Waals surface area contributed by atoms with Gasteiger partial charge in [-0.2, -0.15) is 10.1 Å². The molecule has 150 valence electrons. The molecule has 0 aliphatic carbocycles. The molecule has 0 radical (unpaired) electrons. The third-order valence-corrected chi connectivity index (χ3v) is 5.68. The van der Waals surface area contributed by atoms with Crippen molar-refractivity contribution in [2.24, 2.45) is 0 Å². The molecule has 4 aromatic rings. The number of nitrogens with zero attached hydrogens (tertiary/aromatic N) is 4. The fraction of sp³-hybridized carbons (Fsp3) is 0.217. The maximum atomic E-state index is 12.7. The van der Waals surface area contributed by atoms with Crippen LogP contribution in [0.2, 0.25) is 0 Å². The van der Waals surface area contributed by atoms with Crippen LogP contribution in [0.4, 0.5) is 5.69 Å². The van der Waals surface area contributed by atoms with Crippen LogP contribution in [0.15, 0.2) is 59.1 Å². The highest BCUT2D eigenvalue weighted by molar-refractivity contribution is 5.97. The Hall–Kier alpha value is -3.74. The maximum Gasteiger partial charge on any atom is 0.275 e. The first-order chi connectivity index (χ1) is 14.6. The molecule has 5 rings (SSSR count). The Balaban J connectivity index is 1.37. The third-order valence-electron chi connectivity index (χ3n) is 5.68. The van der Waals surface area contributed by atoms with Gasteiger partial charge in [-0.25, -0.2) is 0 Å². The molecule has 1 fully saturated rings. The normalized spacial score (nSPS) is 16.4. The Bertz CT molecular complexity index is 1210. The van der Waals surface area contributed by atoms with Crippen molar-refractivity contribution in [3.05, 3.63) is 71.5 Å². The van der Waals surface area contributed by atoms with Gasteiger partial charge in [-0.3, -0.25) is 9.89 Å². The lowest BCUT2D eigenvalue weighted by molar-refractivity contribution is -0.117. The Kier molecular flexibility index (Phi) is 4.43. The number of carbonyl (C=O) groups is 1. The van der Waals surface area contributed by atoms with Crippen LogP contribution in [0.25, 0.3) is 22.8 Å². The fourth-order valence-corrected chi connectivity index (χ4v) is 3.84. The van der Waals surface area contributed by atoms with Gasteiger partial charge in [0.1, 0.15) is 5.69 Å². The predicted octanol–water partition coefficient (Wildman–Crippen LogP) is 4.26. The van der Waals surface area contributed by atoms with Crippen LogP contribution in [0.1, 0.15) is 29.3 Å². The van der Waals surface area contributed by atoms with E-state index < -0.39 is 0 Å². The second kappa shape index (κ2) is 7.26. The van der Waals surface area contributed by atoms with E-state index in [4.69, 9.17) is 4.52 Å². The molecule has 2 aromatic heterocycles. The van der Waals surface area contributed by atoms with Gasteiger partial charge in [-0.15, -0.1) is 0 Å². The van der Waals surface area contributed by atoms with E-state index in [0.717, 1.165) is 22.5 Å². The highest BCUT2D eigenvalue weighted by Gasteiger charge is 2.35. The molecule has 7 nitrogen and oxygen atoms in total. The molecule has 30 heavy (non-hydrogen) atoms. The second-order valence-corrected chi connectivity index (χ2v) is 7.62. The minimum absolute atomic E-state index is 0.0768. The van der Waals surface area contributed by atoms with Crippen LogP contribution in [-0.4, -0.2) is 32.8 Å². The summed E-state index contributed by atoms with van der Waals surface area (Å²) in [7, 11) is 0. The van der Waals surface area contributed by atoms with E-state index in [0.29, 0.717) is 30.4 Å². The summed E-state index contributed by atoms with van der Waals surface area (Å²) in [6.45, 7) is 4.64. The van der Waals surface area contributed by atoms with Gasteiger partial charge in [0.2, 0.25) is 5.91 Å². The number of hydrogen-bond donors (Lipinski definition) is 1. The monoisotopic (exact) mass is 399 g/mol. The molecule has 1 aliphatic rings. The highest BCUT2D eigenvalue weighted by atomic mass is 16.5. The SMILES string of the molecule is Cc1cccc(N2CC(c3noc(-c4cc(-c5ccccc5)n[nH]4)n3)CC2=O)c1C. The van der Waals surface area contributed by atoms with Gasteiger partial charge in [0.15, 0.2) is 5.82 Å². The van der Waals surface area contributed by atoms with Crippen molar-refractivity contribution >= 4 is 11.6 Å². The van der Waals surface area contributed by atoms with Crippen molar-refractivity contribution in [3.63, 3.8) is 0 Å². The summed E-state index contributed by atoms with van der Waals surface area (Å²) in [5.74, 6) is 0.888. The number of hydrogen-bond acceptors (Lipinski definition) is 5. The largest absolute Gasteiger partial charge is 0.332 e. The fourth-order valence-electron chi connectivity index (χ4n) is 3.84. The lowest BCUT2D eigenvalue weighted by atomic mass is 10.1. The zero-order chi connectivity index (χ0) is 20.7. The third kappa shape index (κ3) is 3.18.